The molecule has 0 saturated carbocycles. The smallest absolute Gasteiger partial charge is 0.0635 e. The molecule has 0 aromatic carbocycles. The molecule has 0 unspecified atom stereocenters. The SMILES string of the molecule is CC[C@H]1CN(CCC#N)CCN1CCOC. The summed E-state index contributed by atoms with van der Waals surface area (Å²) in [6.45, 7) is 8.29. The second-order valence-electron chi connectivity index (χ2n) is 4.30. The van der Waals surface area contributed by atoms with Crippen molar-refractivity contribution in [2.45, 2.75) is 25.8 Å². The molecular formula is C12H23N3O. The molecule has 0 radical (unpaired) electrons. The molecule has 16 heavy (non-hydrogen) atoms. The van der Waals surface area contributed by atoms with Gasteiger partial charge in [0, 0.05) is 52.3 Å². The standard InChI is InChI=1S/C12H23N3O/c1-3-12-11-14(6-4-5-13)7-8-15(12)9-10-16-2/h12H,3-4,6-11H2,1-2H3/t12-/m0/s1. The van der Waals surface area contributed by atoms with E-state index in [9.17, 15) is 0 Å². The van der Waals surface area contributed by atoms with Gasteiger partial charge >= 0.3 is 0 Å². The lowest BCUT2D eigenvalue weighted by Gasteiger charge is -2.40. The first-order chi connectivity index (χ1) is 7.81. The van der Waals surface area contributed by atoms with Crippen molar-refractivity contribution in [1.82, 2.24) is 9.80 Å². The zero-order valence-electron chi connectivity index (χ0n) is 10.5. The molecule has 1 fully saturated rings. The van der Waals surface area contributed by atoms with Crippen LogP contribution in [0.4, 0.5) is 0 Å². The van der Waals surface area contributed by atoms with E-state index in [1.165, 1.54) is 6.42 Å². The monoisotopic (exact) mass is 225 g/mol. The Balaban J connectivity index is 2.35. The molecule has 0 aromatic heterocycles. The molecule has 1 aliphatic heterocycles. The van der Waals surface area contributed by atoms with Crippen molar-refractivity contribution in [2.24, 2.45) is 0 Å². The first-order valence-electron chi connectivity index (χ1n) is 6.14. The van der Waals surface area contributed by atoms with Crippen LogP contribution < -0.4 is 0 Å². The van der Waals surface area contributed by atoms with E-state index in [0.29, 0.717) is 12.5 Å². The van der Waals surface area contributed by atoms with Crippen LogP contribution in [0.3, 0.4) is 0 Å². The molecule has 1 rings (SSSR count). The molecular weight excluding hydrogens is 202 g/mol. The fraction of sp³-hybridized carbons (Fsp3) is 0.917. The van der Waals surface area contributed by atoms with Crippen LogP contribution in [0.1, 0.15) is 19.8 Å². The molecule has 4 heteroatoms. The van der Waals surface area contributed by atoms with Gasteiger partial charge in [0.1, 0.15) is 0 Å². The maximum Gasteiger partial charge on any atom is 0.0635 e. The van der Waals surface area contributed by atoms with Crippen LogP contribution in [-0.2, 0) is 4.74 Å². The van der Waals surface area contributed by atoms with E-state index in [1.54, 1.807) is 7.11 Å². The van der Waals surface area contributed by atoms with Gasteiger partial charge in [0.25, 0.3) is 0 Å². The van der Waals surface area contributed by atoms with Crippen molar-refractivity contribution in [2.75, 3.05) is 46.4 Å². The van der Waals surface area contributed by atoms with Gasteiger partial charge in [-0.1, -0.05) is 6.92 Å². The molecule has 0 N–H and O–H groups in total. The molecule has 0 spiro atoms. The topological polar surface area (TPSA) is 39.5 Å². The zero-order valence-corrected chi connectivity index (χ0v) is 10.5. The van der Waals surface area contributed by atoms with Crippen LogP contribution in [0.15, 0.2) is 0 Å². The lowest BCUT2D eigenvalue weighted by atomic mass is 10.1. The Kier molecular flexibility index (Phi) is 6.39. The van der Waals surface area contributed by atoms with E-state index in [0.717, 1.165) is 39.3 Å². The minimum Gasteiger partial charge on any atom is -0.383 e. The summed E-state index contributed by atoms with van der Waals surface area (Å²) in [7, 11) is 1.75. The molecule has 1 heterocycles. The summed E-state index contributed by atoms with van der Waals surface area (Å²) in [5, 5.41) is 8.58. The highest BCUT2D eigenvalue weighted by Gasteiger charge is 2.24. The third-order valence-electron chi connectivity index (χ3n) is 3.28. The lowest BCUT2D eigenvalue weighted by Crippen LogP contribution is -2.53. The van der Waals surface area contributed by atoms with E-state index in [1.807, 2.05) is 0 Å². The number of methoxy groups -OCH3 is 1. The van der Waals surface area contributed by atoms with Gasteiger partial charge in [-0.2, -0.15) is 5.26 Å². The van der Waals surface area contributed by atoms with Crippen LogP contribution in [0.5, 0.6) is 0 Å². The van der Waals surface area contributed by atoms with Crippen LogP contribution >= 0.6 is 0 Å². The second kappa shape index (κ2) is 7.61. The Morgan fingerprint density at radius 3 is 2.81 bits per heavy atom. The number of piperazine rings is 1. The van der Waals surface area contributed by atoms with Crippen molar-refractivity contribution in [3.8, 4) is 6.07 Å². The molecule has 92 valence electrons. The minimum absolute atomic E-state index is 0.627. The fourth-order valence-electron chi connectivity index (χ4n) is 2.26. The largest absolute Gasteiger partial charge is 0.383 e. The van der Waals surface area contributed by atoms with Crippen molar-refractivity contribution >= 4 is 0 Å². The number of rotatable bonds is 6. The van der Waals surface area contributed by atoms with E-state index in [-0.39, 0.29) is 0 Å². The summed E-state index contributed by atoms with van der Waals surface area (Å²) >= 11 is 0. The first kappa shape index (κ1) is 13.4. The highest BCUT2D eigenvalue weighted by molar-refractivity contribution is 4.83. The summed E-state index contributed by atoms with van der Waals surface area (Å²) in [5.74, 6) is 0. The number of hydrogen-bond donors (Lipinski definition) is 0. The van der Waals surface area contributed by atoms with Gasteiger partial charge in [0.15, 0.2) is 0 Å². The summed E-state index contributed by atoms with van der Waals surface area (Å²) in [5.41, 5.74) is 0. The number of ether oxygens (including phenoxy) is 1. The van der Waals surface area contributed by atoms with Crippen LogP contribution in [0.25, 0.3) is 0 Å². The average Bonchev–Trinajstić information content (AvgIpc) is 2.34. The number of nitriles is 1. The normalized spacial score (nSPS) is 23.2. The average molecular weight is 225 g/mol. The Morgan fingerprint density at radius 1 is 1.38 bits per heavy atom. The van der Waals surface area contributed by atoms with Gasteiger partial charge in [0.05, 0.1) is 12.7 Å². The predicted molar refractivity (Wildman–Crippen MR) is 64.2 cm³/mol. The molecule has 1 aliphatic rings. The lowest BCUT2D eigenvalue weighted by molar-refractivity contribution is 0.0507. The molecule has 0 aromatic rings. The molecule has 1 saturated heterocycles. The van der Waals surface area contributed by atoms with Crippen molar-refractivity contribution in [3.05, 3.63) is 0 Å². The van der Waals surface area contributed by atoms with Crippen molar-refractivity contribution in [3.63, 3.8) is 0 Å². The van der Waals surface area contributed by atoms with E-state index in [4.69, 9.17) is 10.00 Å². The van der Waals surface area contributed by atoms with E-state index < -0.39 is 0 Å². The quantitative estimate of drug-likeness (QED) is 0.674. The molecule has 0 aliphatic carbocycles. The third-order valence-corrected chi connectivity index (χ3v) is 3.28. The highest BCUT2D eigenvalue weighted by atomic mass is 16.5. The zero-order chi connectivity index (χ0) is 11.8. The van der Waals surface area contributed by atoms with E-state index >= 15 is 0 Å². The number of nitrogens with zero attached hydrogens (tertiary/aromatic N) is 3. The predicted octanol–water partition coefficient (Wildman–Crippen LogP) is 0.943. The Hall–Kier alpha value is -0.630. The van der Waals surface area contributed by atoms with Crippen LogP contribution in [0.2, 0.25) is 0 Å². The van der Waals surface area contributed by atoms with Crippen LogP contribution in [0, 0.1) is 11.3 Å². The molecule has 1 atom stereocenters. The maximum atomic E-state index is 8.58. The molecule has 0 amide bonds. The van der Waals surface area contributed by atoms with Crippen molar-refractivity contribution < 1.29 is 4.74 Å². The van der Waals surface area contributed by atoms with E-state index in [2.05, 4.69) is 22.8 Å². The summed E-state index contributed by atoms with van der Waals surface area (Å²) < 4.78 is 5.13. The maximum absolute atomic E-state index is 8.58. The summed E-state index contributed by atoms with van der Waals surface area (Å²) in [4.78, 5) is 4.91. The molecule has 0 bridgehead atoms. The van der Waals surface area contributed by atoms with Gasteiger partial charge in [-0.25, -0.2) is 0 Å². The van der Waals surface area contributed by atoms with Gasteiger partial charge < -0.3 is 4.74 Å². The highest BCUT2D eigenvalue weighted by Crippen LogP contribution is 2.12. The minimum atomic E-state index is 0.627. The van der Waals surface area contributed by atoms with Gasteiger partial charge in [-0.05, 0) is 6.42 Å². The van der Waals surface area contributed by atoms with Gasteiger partial charge in [-0.15, -0.1) is 0 Å². The van der Waals surface area contributed by atoms with Gasteiger partial charge in [-0.3, -0.25) is 9.80 Å². The first-order valence-corrected chi connectivity index (χ1v) is 6.14. The Bertz CT molecular complexity index is 227. The van der Waals surface area contributed by atoms with Crippen LogP contribution in [-0.4, -0.2) is 62.3 Å². The van der Waals surface area contributed by atoms with Crippen molar-refractivity contribution in [1.29, 1.82) is 5.26 Å². The third kappa shape index (κ3) is 4.09. The summed E-state index contributed by atoms with van der Waals surface area (Å²) in [6.07, 6.45) is 1.82. The molecule has 4 nitrogen and oxygen atoms in total. The number of hydrogen-bond acceptors (Lipinski definition) is 4. The Labute approximate surface area is 98.8 Å². The Morgan fingerprint density at radius 2 is 2.19 bits per heavy atom. The fourth-order valence-corrected chi connectivity index (χ4v) is 2.26. The van der Waals surface area contributed by atoms with Gasteiger partial charge in [0.2, 0.25) is 0 Å². The summed E-state index contributed by atoms with van der Waals surface area (Å²) in [6, 6.07) is 2.85. The second-order valence-corrected chi connectivity index (χ2v) is 4.30.